The summed E-state index contributed by atoms with van der Waals surface area (Å²) in [6.07, 6.45) is 7.16. The van der Waals surface area contributed by atoms with Crippen LogP contribution in [0.5, 0.6) is 0 Å². The van der Waals surface area contributed by atoms with Gasteiger partial charge < -0.3 is 5.32 Å². The maximum absolute atomic E-state index is 4.56. The van der Waals surface area contributed by atoms with Crippen LogP contribution >= 0.6 is 0 Å². The van der Waals surface area contributed by atoms with Crippen molar-refractivity contribution < 1.29 is 0 Å². The SMILES string of the molecule is C1CCC2[N-]CCC2C1. The molecule has 1 saturated carbocycles. The van der Waals surface area contributed by atoms with Gasteiger partial charge in [-0.25, -0.2) is 0 Å². The van der Waals surface area contributed by atoms with Crippen molar-refractivity contribution in [3.05, 3.63) is 5.32 Å². The van der Waals surface area contributed by atoms with Gasteiger partial charge in [0, 0.05) is 0 Å². The predicted molar refractivity (Wildman–Crippen MR) is 38.6 cm³/mol. The lowest BCUT2D eigenvalue weighted by atomic mass is 9.86. The maximum Gasteiger partial charge on any atom is -0.0519 e. The van der Waals surface area contributed by atoms with Crippen molar-refractivity contribution in [1.82, 2.24) is 0 Å². The Kier molecular flexibility index (Phi) is 1.46. The third-order valence-electron chi connectivity index (χ3n) is 2.73. The third-order valence-corrected chi connectivity index (χ3v) is 2.73. The standard InChI is InChI=1S/C8H14N/c1-2-4-8-7(3-1)5-6-9-8/h7-8H,1-6H2/q-1. The molecular weight excluding hydrogens is 110 g/mol. The lowest BCUT2D eigenvalue weighted by Crippen LogP contribution is -2.17. The first kappa shape index (κ1) is 5.72. The van der Waals surface area contributed by atoms with Gasteiger partial charge in [-0.1, -0.05) is 38.0 Å². The van der Waals surface area contributed by atoms with Crippen molar-refractivity contribution in [3.63, 3.8) is 0 Å². The van der Waals surface area contributed by atoms with Crippen LogP contribution in [0.2, 0.25) is 0 Å². The van der Waals surface area contributed by atoms with Crippen molar-refractivity contribution in [2.24, 2.45) is 5.92 Å². The predicted octanol–water partition coefficient (Wildman–Crippen LogP) is 2.32. The van der Waals surface area contributed by atoms with E-state index in [9.17, 15) is 0 Å². The summed E-state index contributed by atoms with van der Waals surface area (Å²) in [5.41, 5.74) is 0. The van der Waals surface area contributed by atoms with Crippen LogP contribution in [0.15, 0.2) is 0 Å². The molecule has 0 bridgehead atoms. The number of fused-ring (bicyclic) bond motifs is 1. The second-order valence-corrected chi connectivity index (χ2v) is 3.31. The monoisotopic (exact) mass is 124 g/mol. The smallest absolute Gasteiger partial charge is 0.0519 e. The van der Waals surface area contributed by atoms with Gasteiger partial charge in [0.2, 0.25) is 0 Å². The summed E-state index contributed by atoms with van der Waals surface area (Å²) in [6.45, 7) is 1.16. The summed E-state index contributed by atoms with van der Waals surface area (Å²) in [4.78, 5) is 0. The maximum atomic E-state index is 4.56. The Morgan fingerprint density at radius 1 is 1.00 bits per heavy atom. The van der Waals surface area contributed by atoms with Gasteiger partial charge in [0.15, 0.2) is 0 Å². The fraction of sp³-hybridized carbons (Fsp3) is 1.00. The number of rotatable bonds is 0. The molecule has 2 unspecified atom stereocenters. The molecule has 0 N–H and O–H groups in total. The molecule has 2 fully saturated rings. The van der Waals surface area contributed by atoms with Crippen molar-refractivity contribution >= 4 is 0 Å². The van der Waals surface area contributed by atoms with E-state index in [2.05, 4.69) is 5.32 Å². The van der Waals surface area contributed by atoms with Gasteiger partial charge in [0.25, 0.3) is 0 Å². The topological polar surface area (TPSA) is 14.1 Å². The fourth-order valence-corrected chi connectivity index (χ4v) is 2.17. The molecule has 9 heavy (non-hydrogen) atoms. The first-order valence-corrected chi connectivity index (χ1v) is 4.13. The Morgan fingerprint density at radius 3 is 2.78 bits per heavy atom. The highest BCUT2D eigenvalue weighted by Crippen LogP contribution is 2.36. The van der Waals surface area contributed by atoms with E-state index in [1.54, 1.807) is 0 Å². The normalized spacial score (nSPS) is 42.7. The van der Waals surface area contributed by atoms with Gasteiger partial charge in [0.1, 0.15) is 0 Å². The van der Waals surface area contributed by atoms with Crippen LogP contribution < -0.4 is 0 Å². The summed E-state index contributed by atoms with van der Waals surface area (Å²) in [5.74, 6) is 0.999. The molecule has 1 heterocycles. The third kappa shape index (κ3) is 0.983. The van der Waals surface area contributed by atoms with Gasteiger partial charge in [-0.05, 0) is 0 Å². The van der Waals surface area contributed by atoms with Gasteiger partial charge in [-0.2, -0.15) is 0 Å². The second kappa shape index (κ2) is 2.30. The minimum atomic E-state index is 0.791. The van der Waals surface area contributed by atoms with E-state index in [-0.39, 0.29) is 0 Å². The summed E-state index contributed by atoms with van der Waals surface area (Å²) < 4.78 is 0. The fourth-order valence-electron chi connectivity index (χ4n) is 2.17. The molecule has 1 aliphatic heterocycles. The van der Waals surface area contributed by atoms with E-state index in [1.165, 1.54) is 32.1 Å². The zero-order valence-electron chi connectivity index (χ0n) is 5.84. The summed E-state index contributed by atoms with van der Waals surface area (Å²) >= 11 is 0. The van der Waals surface area contributed by atoms with Crippen LogP contribution in [0.4, 0.5) is 0 Å². The van der Waals surface area contributed by atoms with Crippen molar-refractivity contribution in [2.75, 3.05) is 6.54 Å². The van der Waals surface area contributed by atoms with Gasteiger partial charge in [-0.15, -0.1) is 12.6 Å². The average Bonchev–Trinajstić information content (AvgIpc) is 2.33. The minimum absolute atomic E-state index is 0.791. The van der Waals surface area contributed by atoms with E-state index < -0.39 is 0 Å². The van der Waals surface area contributed by atoms with Crippen molar-refractivity contribution in [1.29, 1.82) is 0 Å². The molecule has 2 atom stereocenters. The summed E-state index contributed by atoms with van der Waals surface area (Å²) in [6, 6.07) is 0.791. The highest BCUT2D eigenvalue weighted by atomic mass is 15.0. The van der Waals surface area contributed by atoms with Gasteiger partial charge in [-0.3, -0.25) is 0 Å². The van der Waals surface area contributed by atoms with E-state index in [0.29, 0.717) is 0 Å². The molecule has 0 amide bonds. The largest absolute Gasteiger partial charge is 0.659 e. The average molecular weight is 124 g/mol. The molecule has 0 aromatic carbocycles. The molecule has 1 nitrogen and oxygen atoms in total. The Hall–Kier alpha value is -0.0400. The molecule has 2 rings (SSSR count). The lowest BCUT2D eigenvalue weighted by Gasteiger charge is -2.32. The first-order valence-electron chi connectivity index (χ1n) is 4.13. The molecule has 1 heteroatoms. The number of nitrogens with zero attached hydrogens (tertiary/aromatic N) is 1. The zero-order valence-corrected chi connectivity index (χ0v) is 5.84. The van der Waals surface area contributed by atoms with Crippen LogP contribution in [-0.4, -0.2) is 12.6 Å². The van der Waals surface area contributed by atoms with Crippen LogP contribution in [0, 0.1) is 5.92 Å². The van der Waals surface area contributed by atoms with Crippen LogP contribution in [-0.2, 0) is 0 Å². The number of hydrogen-bond donors (Lipinski definition) is 0. The summed E-state index contributed by atoms with van der Waals surface area (Å²) in [5, 5.41) is 4.56. The van der Waals surface area contributed by atoms with Crippen molar-refractivity contribution in [3.8, 4) is 0 Å². The number of hydrogen-bond acceptors (Lipinski definition) is 0. The Bertz CT molecular complexity index is 88.7. The van der Waals surface area contributed by atoms with Crippen LogP contribution in [0.25, 0.3) is 5.32 Å². The lowest BCUT2D eigenvalue weighted by molar-refractivity contribution is 0.360. The van der Waals surface area contributed by atoms with E-state index in [0.717, 1.165) is 18.5 Å². The highest BCUT2D eigenvalue weighted by Gasteiger charge is 2.20. The van der Waals surface area contributed by atoms with E-state index in [4.69, 9.17) is 0 Å². The minimum Gasteiger partial charge on any atom is -0.659 e. The molecule has 1 aliphatic carbocycles. The quantitative estimate of drug-likeness (QED) is 0.470. The van der Waals surface area contributed by atoms with E-state index >= 15 is 0 Å². The van der Waals surface area contributed by atoms with Gasteiger partial charge >= 0.3 is 0 Å². The zero-order chi connectivity index (χ0) is 6.10. The van der Waals surface area contributed by atoms with Gasteiger partial charge in [0.05, 0.1) is 0 Å². The molecule has 0 radical (unpaired) electrons. The molecule has 0 aromatic heterocycles. The molecule has 0 spiro atoms. The Balaban J connectivity index is 1.97. The molecule has 2 aliphatic rings. The van der Waals surface area contributed by atoms with Crippen LogP contribution in [0.1, 0.15) is 32.1 Å². The molecule has 52 valence electrons. The molecular formula is C8H14N-. The Labute approximate surface area is 56.8 Å². The molecule has 0 aromatic rings. The first-order chi connectivity index (χ1) is 4.47. The second-order valence-electron chi connectivity index (χ2n) is 3.31. The summed E-state index contributed by atoms with van der Waals surface area (Å²) in [7, 11) is 0. The van der Waals surface area contributed by atoms with Crippen molar-refractivity contribution in [2.45, 2.75) is 38.1 Å². The van der Waals surface area contributed by atoms with E-state index in [1.807, 2.05) is 0 Å². The molecule has 1 saturated heterocycles. The Morgan fingerprint density at radius 2 is 1.89 bits per heavy atom. The highest BCUT2D eigenvalue weighted by molar-refractivity contribution is 5.04. The van der Waals surface area contributed by atoms with Crippen LogP contribution in [0.3, 0.4) is 0 Å².